The van der Waals surface area contributed by atoms with Gasteiger partial charge in [0.2, 0.25) is 0 Å². The van der Waals surface area contributed by atoms with Crippen LogP contribution < -0.4 is 0 Å². The lowest BCUT2D eigenvalue weighted by atomic mass is 9.88. The summed E-state index contributed by atoms with van der Waals surface area (Å²) in [5, 5.41) is 0. The first-order valence-corrected chi connectivity index (χ1v) is 9.50. The lowest BCUT2D eigenvalue weighted by molar-refractivity contribution is -0.143. The van der Waals surface area contributed by atoms with Crippen molar-refractivity contribution in [1.29, 1.82) is 0 Å². The van der Waals surface area contributed by atoms with Gasteiger partial charge in [-0.3, -0.25) is 0 Å². The third-order valence-corrected chi connectivity index (χ3v) is 5.54. The number of rotatable bonds is 3. The molecule has 1 aromatic carbocycles. The van der Waals surface area contributed by atoms with Crippen LogP contribution in [0, 0.1) is 5.92 Å². The van der Waals surface area contributed by atoms with Gasteiger partial charge in [0.25, 0.3) is 0 Å². The van der Waals surface area contributed by atoms with E-state index in [0.29, 0.717) is 12.0 Å². The molecule has 0 amide bonds. The van der Waals surface area contributed by atoms with Gasteiger partial charge in [-0.15, -0.1) is 0 Å². The summed E-state index contributed by atoms with van der Waals surface area (Å²) in [5.74, 6) is 0.495. The normalized spacial score (nSPS) is 21.8. The molecule has 1 aliphatic heterocycles. The maximum absolute atomic E-state index is 13.5. The summed E-state index contributed by atoms with van der Waals surface area (Å²) >= 11 is 0. The minimum atomic E-state index is -4.87. The van der Waals surface area contributed by atoms with Crippen LogP contribution in [0.25, 0.3) is 5.57 Å². The first-order chi connectivity index (χ1) is 13.1. The molecule has 154 valence electrons. The zero-order valence-electron chi connectivity index (χ0n) is 15.6. The molecule has 1 aromatic rings. The molecule has 1 aliphatic carbocycles. The Bertz CT molecular complexity index is 753. The van der Waals surface area contributed by atoms with Crippen LogP contribution in [0.1, 0.15) is 55.7 Å². The van der Waals surface area contributed by atoms with E-state index in [1.165, 1.54) is 6.42 Å². The van der Waals surface area contributed by atoms with E-state index in [4.69, 9.17) is 0 Å². The van der Waals surface area contributed by atoms with Crippen LogP contribution in [0.15, 0.2) is 36.6 Å². The highest BCUT2D eigenvalue weighted by Gasteiger charge is 2.38. The van der Waals surface area contributed by atoms with Gasteiger partial charge < -0.3 is 4.90 Å². The van der Waals surface area contributed by atoms with Gasteiger partial charge in [0.05, 0.1) is 11.1 Å². The molecule has 1 heterocycles. The predicted molar refractivity (Wildman–Crippen MR) is 96.3 cm³/mol. The van der Waals surface area contributed by atoms with Crippen molar-refractivity contribution < 1.29 is 26.3 Å². The lowest BCUT2D eigenvalue weighted by Crippen LogP contribution is -2.34. The summed E-state index contributed by atoms with van der Waals surface area (Å²) in [6, 6.07) is 1.88. The van der Waals surface area contributed by atoms with Crippen molar-refractivity contribution in [3.63, 3.8) is 0 Å². The fourth-order valence-corrected chi connectivity index (χ4v) is 3.95. The quantitative estimate of drug-likeness (QED) is 0.496. The molecular weight excluding hydrogens is 380 g/mol. The Morgan fingerprint density at radius 2 is 1.64 bits per heavy atom. The number of allylic oxidation sites excluding steroid dienone is 2. The molecule has 1 unspecified atom stereocenters. The van der Waals surface area contributed by atoms with E-state index < -0.39 is 23.5 Å². The van der Waals surface area contributed by atoms with Gasteiger partial charge in [-0.05, 0) is 49.0 Å². The molecule has 0 aromatic heterocycles. The Morgan fingerprint density at radius 3 is 2.25 bits per heavy atom. The van der Waals surface area contributed by atoms with E-state index in [2.05, 4.69) is 0 Å². The molecule has 1 nitrogen and oxygen atoms in total. The van der Waals surface area contributed by atoms with Crippen LogP contribution in [-0.4, -0.2) is 17.5 Å². The van der Waals surface area contributed by atoms with Gasteiger partial charge in [-0.1, -0.05) is 37.5 Å². The Morgan fingerprint density at radius 1 is 0.964 bits per heavy atom. The van der Waals surface area contributed by atoms with E-state index in [1.54, 1.807) is 18.4 Å². The number of alkyl halides is 6. The van der Waals surface area contributed by atoms with E-state index in [9.17, 15) is 26.3 Å². The fourth-order valence-electron chi connectivity index (χ4n) is 3.95. The first-order valence-electron chi connectivity index (χ1n) is 9.50. The standard InChI is InChI=1S/C21H23F6N/c1-14-7-8-16(13-28(14)12-15-5-3-2-4-6-15)18-10-9-17(20(22,23)24)11-19(18)21(25,26)27/h7-11,13-15H,2-6,12H2,1H3. The summed E-state index contributed by atoms with van der Waals surface area (Å²) < 4.78 is 79.2. The summed E-state index contributed by atoms with van der Waals surface area (Å²) in [6.45, 7) is 2.71. The van der Waals surface area contributed by atoms with Crippen LogP contribution in [0.5, 0.6) is 0 Å². The van der Waals surface area contributed by atoms with Crippen molar-refractivity contribution in [1.82, 2.24) is 4.90 Å². The van der Waals surface area contributed by atoms with Crippen molar-refractivity contribution in [3.8, 4) is 0 Å². The van der Waals surface area contributed by atoms with Crippen molar-refractivity contribution in [3.05, 3.63) is 53.2 Å². The number of hydrogen-bond donors (Lipinski definition) is 0. The third-order valence-electron chi connectivity index (χ3n) is 5.54. The smallest absolute Gasteiger partial charge is 0.370 e. The van der Waals surface area contributed by atoms with Gasteiger partial charge in [0.1, 0.15) is 0 Å². The lowest BCUT2D eigenvalue weighted by Gasteiger charge is -2.34. The SMILES string of the molecule is CC1C=CC(c2ccc(C(F)(F)F)cc2C(F)(F)F)=CN1CC1CCCCC1. The van der Waals surface area contributed by atoms with E-state index in [1.807, 2.05) is 11.8 Å². The summed E-state index contributed by atoms with van der Waals surface area (Å²) in [4.78, 5) is 2.00. The topological polar surface area (TPSA) is 3.24 Å². The Balaban J connectivity index is 1.94. The minimum Gasteiger partial charge on any atom is -0.370 e. The van der Waals surface area contributed by atoms with Crippen LogP contribution in [0.3, 0.4) is 0 Å². The number of nitrogens with zero attached hydrogens (tertiary/aromatic N) is 1. The molecule has 0 saturated heterocycles. The largest absolute Gasteiger partial charge is 0.417 e. The number of benzene rings is 1. The van der Waals surface area contributed by atoms with Crippen LogP contribution in [0.2, 0.25) is 0 Å². The average Bonchev–Trinajstić information content (AvgIpc) is 2.62. The Hall–Kier alpha value is -1.92. The zero-order valence-corrected chi connectivity index (χ0v) is 15.6. The van der Waals surface area contributed by atoms with E-state index in [-0.39, 0.29) is 23.2 Å². The molecule has 7 heteroatoms. The molecule has 1 saturated carbocycles. The average molecular weight is 403 g/mol. The fraction of sp³-hybridized carbons (Fsp3) is 0.524. The zero-order chi connectivity index (χ0) is 20.5. The molecule has 1 atom stereocenters. The second-order valence-electron chi connectivity index (χ2n) is 7.64. The van der Waals surface area contributed by atoms with Crippen molar-refractivity contribution in [2.24, 2.45) is 5.92 Å². The van der Waals surface area contributed by atoms with Gasteiger partial charge >= 0.3 is 12.4 Å². The highest BCUT2D eigenvalue weighted by atomic mass is 19.4. The molecule has 0 spiro atoms. The van der Waals surface area contributed by atoms with Crippen molar-refractivity contribution in [2.45, 2.75) is 57.4 Å². The molecule has 0 N–H and O–H groups in total. The molecular formula is C21H23F6N. The van der Waals surface area contributed by atoms with Gasteiger partial charge in [0, 0.05) is 18.8 Å². The predicted octanol–water partition coefficient (Wildman–Crippen LogP) is 6.91. The number of halogens is 6. The monoisotopic (exact) mass is 403 g/mol. The van der Waals surface area contributed by atoms with E-state index in [0.717, 1.165) is 38.3 Å². The van der Waals surface area contributed by atoms with Crippen LogP contribution >= 0.6 is 0 Å². The molecule has 3 rings (SSSR count). The molecule has 28 heavy (non-hydrogen) atoms. The van der Waals surface area contributed by atoms with Gasteiger partial charge in [-0.2, -0.15) is 26.3 Å². The summed E-state index contributed by atoms with van der Waals surface area (Å²) in [5.41, 5.74) is -2.49. The minimum absolute atomic E-state index is 0.0365. The van der Waals surface area contributed by atoms with Crippen LogP contribution in [0.4, 0.5) is 26.3 Å². The Labute approximate surface area is 160 Å². The molecule has 0 radical (unpaired) electrons. The Kier molecular flexibility index (Phi) is 5.82. The molecule has 2 aliphatic rings. The highest BCUT2D eigenvalue weighted by molar-refractivity contribution is 5.77. The van der Waals surface area contributed by atoms with Gasteiger partial charge in [-0.25, -0.2) is 0 Å². The van der Waals surface area contributed by atoms with Crippen LogP contribution in [-0.2, 0) is 12.4 Å². The third kappa shape index (κ3) is 4.73. The second kappa shape index (κ2) is 7.84. The van der Waals surface area contributed by atoms with Crippen molar-refractivity contribution >= 4 is 5.57 Å². The summed E-state index contributed by atoms with van der Waals surface area (Å²) in [7, 11) is 0. The van der Waals surface area contributed by atoms with Crippen molar-refractivity contribution in [2.75, 3.05) is 6.54 Å². The molecule has 1 fully saturated rings. The second-order valence-corrected chi connectivity index (χ2v) is 7.64. The maximum atomic E-state index is 13.5. The summed E-state index contributed by atoms with van der Waals surface area (Å²) in [6.07, 6.45) is 1.08. The van der Waals surface area contributed by atoms with E-state index >= 15 is 0 Å². The van der Waals surface area contributed by atoms with Gasteiger partial charge in [0.15, 0.2) is 0 Å². The molecule has 0 bridgehead atoms. The number of hydrogen-bond acceptors (Lipinski definition) is 1. The first kappa shape index (κ1) is 20.8. The highest BCUT2D eigenvalue weighted by Crippen LogP contribution is 2.40. The maximum Gasteiger partial charge on any atom is 0.417 e.